The summed E-state index contributed by atoms with van der Waals surface area (Å²) in [4.78, 5) is 37.7. The fraction of sp³-hybridized carbons (Fsp3) is 0.815. The van der Waals surface area contributed by atoms with E-state index >= 15 is 0 Å². The van der Waals surface area contributed by atoms with Crippen LogP contribution in [-0.2, 0) is 27.9 Å². The quantitative estimate of drug-likeness (QED) is 0.0205. The lowest BCUT2D eigenvalue weighted by Gasteiger charge is -2.27. The Balaban J connectivity index is 5.24. The van der Waals surface area contributed by atoms with E-state index < -0.39 is 20.0 Å². The number of allylic oxidation sites excluding steroid dienone is 9. The Kier molecular flexibility index (Phi) is 53.4. The van der Waals surface area contributed by atoms with Gasteiger partial charge in [-0.3, -0.25) is 18.6 Å². The summed E-state index contributed by atoms with van der Waals surface area (Å²) in [6, 6.07) is -0.860. The molecule has 3 unspecified atom stereocenters. The van der Waals surface area contributed by atoms with Crippen molar-refractivity contribution in [3.8, 4) is 0 Å². The van der Waals surface area contributed by atoms with Gasteiger partial charge < -0.3 is 19.4 Å². The molecule has 2 N–H and O–H groups in total. The van der Waals surface area contributed by atoms with Crippen molar-refractivity contribution in [3.63, 3.8) is 0 Å². The maximum Gasteiger partial charge on any atom is 0.472 e. The molecule has 0 aliphatic heterocycles. The maximum atomic E-state index is 13.5. The number of carbonyl (C=O) groups is 2. The third kappa shape index (κ3) is 56.2. The predicted molar refractivity (Wildman–Crippen MR) is 323 cm³/mol. The molecule has 0 saturated heterocycles. The standard InChI is InChI=1S/C65H121N2O7P/c1-7-10-13-16-19-22-25-27-29-31-33-35-37-39-42-45-48-51-54-57-64(68)66-62(61-73-75(70,71)72-60-59-67(4,5)6)63(56-53-50-47-44-41-24-21-18-15-12-9-3)74-65(69)58-55-52-49-46-43-40-38-36-34-32-30-28-26-23-20-17-14-11-8-2/h20,23,28,30,34,36,40,43,53,56,62-63H,7-19,21-22,24-27,29,31-33,35,37-39,41-42,44-52,54-55,57-61H2,1-6H3,(H-,66,68,70,71)/p+1/b23-20-,30-28-,36-34-,43-40-,56-53+. The van der Waals surface area contributed by atoms with E-state index in [0.29, 0.717) is 23.9 Å². The summed E-state index contributed by atoms with van der Waals surface area (Å²) in [6.45, 7) is 6.98. The number of rotatable bonds is 57. The zero-order valence-corrected chi connectivity index (χ0v) is 50.9. The van der Waals surface area contributed by atoms with Gasteiger partial charge in [-0.1, -0.05) is 262 Å². The lowest BCUT2D eigenvalue weighted by atomic mass is 10.0. The minimum absolute atomic E-state index is 0.0349. The van der Waals surface area contributed by atoms with Gasteiger partial charge in [-0.15, -0.1) is 0 Å². The lowest BCUT2D eigenvalue weighted by Crippen LogP contribution is -2.47. The normalized spacial score (nSPS) is 14.1. The van der Waals surface area contributed by atoms with Crippen molar-refractivity contribution in [1.29, 1.82) is 0 Å². The number of nitrogens with one attached hydrogen (secondary N) is 1. The first-order chi connectivity index (χ1) is 36.4. The third-order valence-electron chi connectivity index (χ3n) is 14.0. The monoisotopic (exact) mass is 1070 g/mol. The van der Waals surface area contributed by atoms with Gasteiger partial charge in [0.25, 0.3) is 0 Å². The molecule has 3 atom stereocenters. The first kappa shape index (κ1) is 72.7. The van der Waals surface area contributed by atoms with Crippen LogP contribution in [0.2, 0.25) is 0 Å². The molecule has 0 heterocycles. The molecule has 0 saturated carbocycles. The van der Waals surface area contributed by atoms with Gasteiger partial charge in [0.1, 0.15) is 19.3 Å². The van der Waals surface area contributed by atoms with Crippen LogP contribution >= 0.6 is 7.82 Å². The van der Waals surface area contributed by atoms with E-state index in [9.17, 15) is 19.0 Å². The number of carbonyl (C=O) groups excluding carboxylic acids is 2. The Bertz CT molecular complexity index is 1470. The second-order valence-corrected chi connectivity index (χ2v) is 24.0. The van der Waals surface area contributed by atoms with Crippen LogP contribution in [0.25, 0.3) is 0 Å². The second kappa shape index (κ2) is 55.0. The second-order valence-electron chi connectivity index (χ2n) is 22.6. The van der Waals surface area contributed by atoms with Crippen molar-refractivity contribution < 1.29 is 37.3 Å². The number of amides is 1. The fourth-order valence-corrected chi connectivity index (χ4v) is 9.78. The van der Waals surface area contributed by atoms with E-state index in [0.717, 1.165) is 77.0 Å². The molecule has 75 heavy (non-hydrogen) atoms. The minimum Gasteiger partial charge on any atom is -0.456 e. The number of hydrogen-bond donors (Lipinski definition) is 2. The number of phosphoric ester groups is 1. The Morgan fingerprint density at radius 1 is 0.467 bits per heavy atom. The van der Waals surface area contributed by atoms with E-state index in [4.69, 9.17) is 13.8 Å². The third-order valence-corrected chi connectivity index (χ3v) is 14.9. The number of esters is 1. The molecule has 9 nitrogen and oxygen atoms in total. The molecule has 0 radical (unpaired) electrons. The zero-order valence-electron chi connectivity index (χ0n) is 50.0. The number of unbranched alkanes of at least 4 members (excludes halogenated alkanes) is 33. The largest absolute Gasteiger partial charge is 0.472 e. The van der Waals surface area contributed by atoms with Crippen LogP contribution in [0.3, 0.4) is 0 Å². The van der Waals surface area contributed by atoms with Gasteiger partial charge >= 0.3 is 13.8 Å². The average molecular weight is 1070 g/mol. The summed E-state index contributed by atoms with van der Waals surface area (Å²) in [5.74, 6) is -0.533. The van der Waals surface area contributed by atoms with Gasteiger partial charge in [0, 0.05) is 12.8 Å². The van der Waals surface area contributed by atoms with Gasteiger partial charge in [0.05, 0.1) is 33.8 Å². The van der Waals surface area contributed by atoms with Gasteiger partial charge in [-0.05, 0) is 76.7 Å². The number of quaternary nitrogens is 1. The molecule has 1 amide bonds. The lowest BCUT2D eigenvalue weighted by molar-refractivity contribution is -0.870. The highest BCUT2D eigenvalue weighted by Gasteiger charge is 2.30. The molecule has 0 aliphatic rings. The number of ether oxygens (including phenoxy) is 1. The van der Waals surface area contributed by atoms with E-state index in [1.165, 1.54) is 173 Å². The summed E-state index contributed by atoms with van der Waals surface area (Å²) in [5.41, 5.74) is 0. The van der Waals surface area contributed by atoms with Crippen LogP contribution in [0.4, 0.5) is 0 Å². The van der Waals surface area contributed by atoms with E-state index in [2.05, 4.69) is 74.7 Å². The average Bonchev–Trinajstić information content (AvgIpc) is 3.37. The summed E-state index contributed by atoms with van der Waals surface area (Å²) in [7, 11) is 1.48. The predicted octanol–water partition coefficient (Wildman–Crippen LogP) is 19.4. The molecule has 0 aromatic heterocycles. The van der Waals surface area contributed by atoms with Crippen molar-refractivity contribution in [1.82, 2.24) is 5.32 Å². The molecule has 438 valence electrons. The smallest absolute Gasteiger partial charge is 0.456 e. The van der Waals surface area contributed by atoms with Crippen LogP contribution in [0.5, 0.6) is 0 Å². The summed E-state index contributed by atoms with van der Waals surface area (Å²) < 4.78 is 30.7. The molecule has 0 aromatic carbocycles. The van der Waals surface area contributed by atoms with Crippen LogP contribution in [0, 0.1) is 0 Å². The number of hydrogen-bond acceptors (Lipinski definition) is 6. The minimum atomic E-state index is -4.45. The van der Waals surface area contributed by atoms with Crippen molar-refractivity contribution in [2.75, 3.05) is 40.9 Å². The molecule has 0 aliphatic carbocycles. The number of likely N-dealkylation sites (N-methyl/N-ethyl adjacent to an activating group) is 1. The molecule has 0 bridgehead atoms. The summed E-state index contributed by atoms with van der Waals surface area (Å²) >= 11 is 0. The number of phosphoric acid groups is 1. The van der Waals surface area contributed by atoms with Gasteiger partial charge in [-0.25, -0.2) is 4.57 Å². The van der Waals surface area contributed by atoms with Crippen molar-refractivity contribution in [2.45, 2.75) is 303 Å². The number of nitrogens with zero attached hydrogens (tertiary/aromatic N) is 1. The molecular weight excluding hydrogens is 952 g/mol. The molecule has 10 heteroatoms. The molecule has 0 fully saturated rings. The Hall–Kier alpha value is -2.29. The van der Waals surface area contributed by atoms with Crippen LogP contribution < -0.4 is 5.32 Å². The summed E-state index contributed by atoms with van der Waals surface area (Å²) in [5, 5.41) is 3.05. The topological polar surface area (TPSA) is 111 Å². The van der Waals surface area contributed by atoms with Crippen LogP contribution in [0.1, 0.15) is 290 Å². The first-order valence-corrected chi connectivity index (χ1v) is 33.1. The highest BCUT2D eigenvalue weighted by Crippen LogP contribution is 2.43. The van der Waals surface area contributed by atoms with Gasteiger partial charge in [0.15, 0.2) is 0 Å². The molecule has 0 rings (SSSR count). The van der Waals surface area contributed by atoms with E-state index in [1.807, 2.05) is 33.3 Å². The van der Waals surface area contributed by atoms with Gasteiger partial charge in [0.2, 0.25) is 5.91 Å². The van der Waals surface area contributed by atoms with Crippen LogP contribution in [-0.4, -0.2) is 74.3 Å². The SMILES string of the molecule is CCCCC/C=C\C/C=C\C/C=C\C/C=C\CCCCCC(=O)OC(/C=C/CCCCCCCCCCC)C(COP(=O)(O)OCC[N+](C)(C)C)NC(=O)CCCCCCCCCCCCCCCCCCCCC. The molecular formula is C65H122N2O7P+. The highest BCUT2D eigenvalue weighted by molar-refractivity contribution is 7.47. The Labute approximate surface area is 464 Å². The summed E-state index contributed by atoms with van der Waals surface area (Å²) in [6.07, 6.45) is 69.3. The fourth-order valence-electron chi connectivity index (χ4n) is 9.04. The van der Waals surface area contributed by atoms with Crippen molar-refractivity contribution in [2.24, 2.45) is 0 Å². The van der Waals surface area contributed by atoms with Crippen LogP contribution in [0.15, 0.2) is 60.8 Å². The Morgan fingerprint density at radius 3 is 1.25 bits per heavy atom. The Morgan fingerprint density at radius 2 is 0.813 bits per heavy atom. The van der Waals surface area contributed by atoms with E-state index in [-0.39, 0.29) is 31.5 Å². The van der Waals surface area contributed by atoms with Gasteiger partial charge in [-0.2, -0.15) is 0 Å². The highest BCUT2D eigenvalue weighted by atomic mass is 31.2. The zero-order chi connectivity index (χ0) is 55.0. The van der Waals surface area contributed by atoms with Crippen molar-refractivity contribution in [3.05, 3.63) is 60.8 Å². The van der Waals surface area contributed by atoms with Crippen molar-refractivity contribution >= 4 is 19.7 Å². The molecule has 0 spiro atoms. The van der Waals surface area contributed by atoms with E-state index in [1.54, 1.807) is 0 Å². The maximum absolute atomic E-state index is 13.5. The molecule has 0 aromatic rings. The first-order valence-electron chi connectivity index (χ1n) is 31.6.